The molecule has 0 spiro atoms. The number of allylic oxidation sites excluding steroid dienone is 5. The summed E-state index contributed by atoms with van der Waals surface area (Å²) in [4.78, 5) is 25.1. The predicted octanol–water partition coefficient (Wildman–Crippen LogP) is 13.9. The number of nitrogens with zero attached hydrogens (tertiary/aromatic N) is 1. The summed E-state index contributed by atoms with van der Waals surface area (Å²) in [7, 11) is 1.32. The Kier molecular flexibility index (Phi) is 40.3. The van der Waals surface area contributed by atoms with Crippen molar-refractivity contribution in [3.05, 3.63) is 36.6 Å². The molecule has 0 aromatic rings. The second-order valence-electron chi connectivity index (χ2n) is 17.2. The number of likely N-dealkylation sites (N-methyl/N-ethyl adjacent to an activating group) is 1. The Bertz CT molecular complexity index is 1010. The second kappa shape index (κ2) is 41.3. The summed E-state index contributed by atoms with van der Waals surface area (Å²) in [5.74, 6) is -0.362. The molecule has 0 aliphatic carbocycles. The molecule has 0 radical (unpaired) electrons. The van der Waals surface area contributed by atoms with Gasteiger partial charge in [-0.1, -0.05) is 179 Å². The van der Waals surface area contributed by atoms with Crippen molar-refractivity contribution in [2.24, 2.45) is 0 Å². The fourth-order valence-electron chi connectivity index (χ4n) is 6.54. The number of phosphoric ester groups is 1. The van der Waals surface area contributed by atoms with Crippen molar-refractivity contribution in [3.63, 3.8) is 0 Å². The quantitative estimate of drug-likeness (QED) is 0.0151. The number of ether oxygens (including phenoxy) is 2. The van der Waals surface area contributed by atoms with Gasteiger partial charge in [-0.2, -0.15) is 0 Å². The van der Waals surface area contributed by atoms with E-state index in [0.29, 0.717) is 17.4 Å². The van der Waals surface area contributed by atoms with Crippen LogP contribution in [0.15, 0.2) is 36.6 Å². The molecule has 9 heteroatoms. The van der Waals surface area contributed by atoms with Crippen LogP contribution in [0.4, 0.5) is 0 Å². The highest BCUT2D eigenvalue weighted by Crippen LogP contribution is 2.38. The van der Waals surface area contributed by atoms with Gasteiger partial charge in [0.05, 0.1) is 34.0 Å². The Labute approximate surface area is 353 Å². The van der Waals surface area contributed by atoms with Crippen molar-refractivity contribution in [2.45, 2.75) is 219 Å². The van der Waals surface area contributed by atoms with Crippen LogP contribution in [-0.2, 0) is 27.9 Å². The number of carbonyl (C=O) groups excluding carboxylic acids is 1. The van der Waals surface area contributed by atoms with Gasteiger partial charge in [-0.3, -0.25) is 9.36 Å². The van der Waals surface area contributed by atoms with Gasteiger partial charge in [-0.05, 0) is 57.4 Å². The number of hydrogen-bond acceptors (Lipinski definition) is 7. The molecule has 2 atom stereocenters. The molecule has 8 nitrogen and oxygen atoms in total. The number of esters is 1. The van der Waals surface area contributed by atoms with Gasteiger partial charge in [0.25, 0.3) is 7.82 Å². The lowest BCUT2D eigenvalue weighted by Gasteiger charge is -2.28. The lowest BCUT2D eigenvalue weighted by atomic mass is 10.0. The van der Waals surface area contributed by atoms with E-state index in [0.717, 1.165) is 44.9 Å². The Hall–Kier alpha value is -1.44. The largest absolute Gasteiger partial charge is 0.756 e. The summed E-state index contributed by atoms with van der Waals surface area (Å²) in [6.45, 7) is 4.72. The fourth-order valence-corrected chi connectivity index (χ4v) is 7.27. The molecule has 0 aliphatic rings. The van der Waals surface area contributed by atoms with Crippen LogP contribution in [0.1, 0.15) is 213 Å². The first-order valence-corrected chi connectivity index (χ1v) is 25.2. The van der Waals surface area contributed by atoms with Crippen molar-refractivity contribution >= 4 is 13.8 Å². The predicted molar refractivity (Wildman–Crippen MR) is 240 cm³/mol. The third-order valence-corrected chi connectivity index (χ3v) is 11.2. The molecule has 0 amide bonds. The van der Waals surface area contributed by atoms with Crippen molar-refractivity contribution in [2.75, 3.05) is 47.5 Å². The topological polar surface area (TPSA) is 94.1 Å². The molecular weight excluding hydrogens is 734 g/mol. The zero-order valence-corrected chi connectivity index (χ0v) is 38.9. The van der Waals surface area contributed by atoms with E-state index in [2.05, 4.69) is 38.2 Å². The first-order valence-electron chi connectivity index (χ1n) is 23.8. The lowest BCUT2D eigenvalue weighted by Crippen LogP contribution is -2.37. The SMILES string of the molecule is CCCCC/C=C/C/C=C/CCCCCCCCCC(=O)O[C@H](CO/C=C/CCCCCCCCCCCCCCCCCC)COP(=O)([O-])OCC[N+](C)(C)C. The fraction of sp³-hybridized carbons (Fsp3) is 0.854. The number of rotatable bonds is 44. The van der Waals surface area contributed by atoms with Crippen molar-refractivity contribution < 1.29 is 37.3 Å². The minimum absolute atomic E-state index is 0.0154. The van der Waals surface area contributed by atoms with E-state index in [1.54, 1.807) is 6.26 Å². The van der Waals surface area contributed by atoms with Crippen LogP contribution < -0.4 is 4.89 Å². The smallest absolute Gasteiger partial charge is 0.306 e. The first kappa shape index (κ1) is 55.6. The number of phosphoric acid groups is 1. The molecule has 0 N–H and O–H groups in total. The average Bonchev–Trinajstić information content (AvgIpc) is 3.16. The zero-order chi connectivity index (χ0) is 42.0. The zero-order valence-electron chi connectivity index (χ0n) is 38.0. The number of hydrogen-bond donors (Lipinski definition) is 0. The highest BCUT2D eigenvalue weighted by molar-refractivity contribution is 7.45. The molecule has 0 rings (SSSR count). The number of quaternary nitrogens is 1. The van der Waals surface area contributed by atoms with E-state index in [1.165, 1.54) is 148 Å². The Balaban J connectivity index is 4.24. The molecule has 57 heavy (non-hydrogen) atoms. The van der Waals surface area contributed by atoms with Gasteiger partial charge in [0.2, 0.25) is 0 Å². The molecular formula is C48H92NO7P. The molecule has 0 aromatic carbocycles. The highest BCUT2D eigenvalue weighted by Gasteiger charge is 2.20. The minimum Gasteiger partial charge on any atom is -0.756 e. The van der Waals surface area contributed by atoms with E-state index < -0.39 is 13.9 Å². The lowest BCUT2D eigenvalue weighted by molar-refractivity contribution is -0.870. The average molecular weight is 826 g/mol. The van der Waals surface area contributed by atoms with E-state index in [1.807, 2.05) is 27.2 Å². The van der Waals surface area contributed by atoms with Gasteiger partial charge in [0.15, 0.2) is 6.10 Å². The minimum atomic E-state index is -4.54. The summed E-state index contributed by atoms with van der Waals surface area (Å²) < 4.78 is 34.4. The summed E-state index contributed by atoms with van der Waals surface area (Å²) in [6, 6.07) is 0. The molecule has 0 aromatic heterocycles. The van der Waals surface area contributed by atoms with Gasteiger partial charge in [0.1, 0.15) is 19.8 Å². The van der Waals surface area contributed by atoms with Gasteiger partial charge >= 0.3 is 5.97 Å². The Morgan fingerprint density at radius 3 is 1.47 bits per heavy atom. The van der Waals surface area contributed by atoms with Crippen LogP contribution in [0, 0.1) is 0 Å². The molecule has 0 saturated carbocycles. The molecule has 0 saturated heterocycles. The molecule has 336 valence electrons. The van der Waals surface area contributed by atoms with E-state index in [-0.39, 0.29) is 25.8 Å². The Morgan fingerprint density at radius 2 is 0.982 bits per heavy atom. The Morgan fingerprint density at radius 1 is 0.561 bits per heavy atom. The van der Waals surface area contributed by atoms with E-state index in [9.17, 15) is 14.3 Å². The van der Waals surface area contributed by atoms with Gasteiger partial charge in [-0.25, -0.2) is 0 Å². The molecule has 1 unspecified atom stereocenters. The third kappa shape index (κ3) is 45.5. The summed E-state index contributed by atoms with van der Waals surface area (Å²) in [5.41, 5.74) is 0. The normalized spacial score (nSPS) is 13.9. The molecule has 0 aliphatic heterocycles. The maximum atomic E-state index is 12.7. The number of unbranched alkanes of at least 4 members (excludes halogenated alkanes) is 26. The van der Waals surface area contributed by atoms with Crippen LogP contribution in [0.5, 0.6) is 0 Å². The maximum absolute atomic E-state index is 12.7. The second-order valence-corrected chi connectivity index (χ2v) is 18.6. The monoisotopic (exact) mass is 826 g/mol. The van der Waals surface area contributed by atoms with Crippen molar-refractivity contribution in [1.82, 2.24) is 0 Å². The molecule has 0 fully saturated rings. The van der Waals surface area contributed by atoms with E-state index in [4.69, 9.17) is 18.5 Å². The van der Waals surface area contributed by atoms with Gasteiger partial charge in [-0.15, -0.1) is 0 Å². The van der Waals surface area contributed by atoms with E-state index >= 15 is 0 Å². The molecule has 0 heterocycles. The number of carbonyl (C=O) groups is 1. The van der Waals surface area contributed by atoms with Gasteiger partial charge < -0.3 is 27.9 Å². The van der Waals surface area contributed by atoms with Crippen molar-refractivity contribution in [1.29, 1.82) is 0 Å². The van der Waals surface area contributed by atoms with Crippen LogP contribution >= 0.6 is 7.82 Å². The van der Waals surface area contributed by atoms with Gasteiger partial charge in [0, 0.05) is 6.42 Å². The summed E-state index contributed by atoms with van der Waals surface area (Å²) in [5, 5.41) is 0. The first-order chi connectivity index (χ1) is 27.6. The van der Waals surface area contributed by atoms with Crippen LogP contribution in [0.25, 0.3) is 0 Å². The summed E-state index contributed by atoms with van der Waals surface area (Å²) >= 11 is 0. The standard InChI is InChI=1S/C48H92NO7P/c1-6-8-10-12-14-16-18-20-22-24-26-28-30-32-34-36-38-40-43-53-45-47(46-55-57(51,52)54-44-42-49(3,4)5)56-48(50)41-39-37-35-33-31-29-27-25-23-21-19-17-15-13-11-9-7-2/h15,17,21,23,40,43,47H,6-14,16,18-20,22,24-39,41-42,44-46H2,1-5H3/b17-15+,23-21+,43-40+/t47-/m1/s1. The third-order valence-electron chi connectivity index (χ3n) is 10.3. The molecule has 0 bridgehead atoms. The van der Waals surface area contributed by atoms with Crippen LogP contribution in [0.2, 0.25) is 0 Å². The summed E-state index contributed by atoms with van der Waals surface area (Å²) in [6.07, 6.45) is 49.6. The highest BCUT2D eigenvalue weighted by atomic mass is 31.2. The van der Waals surface area contributed by atoms with Crippen molar-refractivity contribution in [3.8, 4) is 0 Å². The van der Waals surface area contributed by atoms with Crippen LogP contribution in [-0.4, -0.2) is 64.1 Å². The van der Waals surface area contributed by atoms with Crippen LogP contribution in [0.3, 0.4) is 0 Å². The maximum Gasteiger partial charge on any atom is 0.306 e.